The van der Waals surface area contributed by atoms with Crippen LogP contribution in [0.5, 0.6) is 0 Å². The molecular formula is C13H16N4O3. The van der Waals surface area contributed by atoms with E-state index in [1.807, 2.05) is 13.0 Å². The number of carbonyl (C=O) groups is 1. The standard InChI is InChI=1S/C13H16N4O3/c1-9(15)3-2-4-13(18)16-12-6-5-11(17(19)20)7-10(12)8-14/h5-7,9H,2-4,15H2,1H3,(H,16,18). The van der Waals surface area contributed by atoms with Gasteiger partial charge in [0, 0.05) is 24.6 Å². The van der Waals surface area contributed by atoms with E-state index in [1.165, 1.54) is 12.1 Å². The molecule has 0 saturated carbocycles. The van der Waals surface area contributed by atoms with Crippen molar-refractivity contribution in [2.24, 2.45) is 5.73 Å². The van der Waals surface area contributed by atoms with Crippen LogP contribution in [0.3, 0.4) is 0 Å². The molecule has 0 spiro atoms. The molecule has 20 heavy (non-hydrogen) atoms. The van der Waals surface area contributed by atoms with Crippen LogP contribution in [0, 0.1) is 21.4 Å². The predicted molar refractivity (Wildman–Crippen MR) is 73.9 cm³/mol. The Balaban J connectivity index is 2.70. The zero-order chi connectivity index (χ0) is 15.1. The van der Waals surface area contributed by atoms with E-state index in [-0.39, 0.29) is 28.9 Å². The highest BCUT2D eigenvalue weighted by Crippen LogP contribution is 2.21. The fraction of sp³-hybridized carbons (Fsp3) is 0.385. The molecule has 0 saturated heterocycles. The maximum atomic E-state index is 11.7. The topological polar surface area (TPSA) is 122 Å². The fourth-order valence-electron chi connectivity index (χ4n) is 1.64. The van der Waals surface area contributed by atoms with Gasteiger partial charge >= 0.3 is 0 Å². The molecule has 1 amide bonds. The molecule has 1 atom stereocenters. The Morgan fingerprint density at radius 3 is 2.85 bits per heavy atom. The molecule has 0 heterocycles. The molecule has 0 radical (unpaired) electrons. The molecule has 3 N–H and O–H groups in total. The van der Waals surface area contributed by atoms with Crippen molar-refractivity contribution in [3.63, 3.8) is 0 Å². The number of hydrogen-bond acceptors (Lipinski definition) is 5. The number of nitro benzene ring substituents is 1. The number of nitrogens with two attached hydrogens (primary N) is 1. The van der Waals surface area contributed by atoms with Gasteiger partial charge in [0.25, 0.3) is 5.69 Å². The second-order valence-electron chi connectivity index (χ2n) is 4.52. The minimum atomic E-state index is -0.588. The molecule has 7 heteroatoms. The number of hydrogen-bond donors (Lipinski definition) is 2. The number of nitrogens with zero attached hydrogens (tertiary/aromatic N) is 2. The first-order chi connectivity index (χ1) is 9.43. The molecule has 0 aliphatic carbocycles. The molecule has 1 aromatic rings. The van der Waals surface area contributed by atoms with Gasteiger partial charge in [0.1, 0.15) is 6.07 Å². The van der Waals surface area contributed by atoms with Gasteiger partial charge in [-0.2, -0.15) is 5.26 Å². The Labute approximate surface area is 116 Å². The van der Waals surface area contributed by atoms with Crippen LogP contribution in [-0.2, 0) is 4.79 Å². The minimum absolute atomic E-state index is 0.0387. The molecule has 0 aliphatic rings. The molecule has 7 nitrogen and oxygen atoms in total. The number of nitro groups is 1. The molecule has 0 bridgehead atoms. The van der Waals surface area contributed by atoms with E-state index in [0.717, 1.165) is 12.5 Å². The summed E-state index contributed by atoms with van der Waals surface area (Å²) < 4.78 is 0. The van der Waals surface area contributed by atoms with Crippen LogP contribution >= 0.6 is 0 Å². The van der Waals surface area contributed by atoms with E-state index in [1.54, 1.807) is 0 Å². The van der Waals surface area contributed by atoms with E-state index in [0.29, 0.717) is 12.8 Å². The Morgan fingerprint density at radius 1 is 1.60 bits per heavy atom. The van der Waals surface area contributed by atoms with Crippen LogP contribution in [0.4, 0.5) is 11.4 Å². The number of carbonyl (C=O) groups excluding carboxylic acids is 1. The summed E-state index contributed by atoms with van der Waals surface area (Å²) in [5.74, 6) is -0.240. The maximum Gasteiger partial charge on any atom is 0.270 e. The molecule has 0 aromatic heterocycles. The van der Waals surface area contributed by atoms with E-state index in [9.17, 15) is 14.9 Å². The fourth-order valence-corrected chi connectivity index (χ4v) is 1.64. The van der Waals surface area contributed by atoms with Crippen molar-refractivity contribution in [3.05, 3.63) is 33.9 Å². The molecule has 1 unspecified atom stereocenters. The second kappa shape index (κ2) is 7.21. The van der Waals surface area contributed by atoms with Gasteiger partial charge in [-0.05, 0) is 25.8 Å². The summed E-state index contributed by atoms with van der Waals surface area (Å²) in [4.78, 5) is 21.7. The lowest BCUT2D eigenvalue weighted by Crippen LogP contribution is -2.17. The molecular weight excluding hydrogens is 260 g/mol. The van der Waals surface area contributed by atoms with Crippen LogP contribution in [0.1, 0.15) is 31.7 Å². The van der Waals surface area contributed by atoms with Crippen molar-refractivity contribution < 1.29 is 9.72 Å². The van der Waals surface area contributed by atoms with Crippen molar-refractivity contribution in [2.75, 3.05) is 5.32 Å². The highest BCUT2D eigenvalue weighted by Gasteiger charge is 2.12. The summed E-state index contributed by atoms with van der Waals surface area (Å²) in [5, 5.41) is 22.1. The van der Waals surface area contributed by atoms with E-state index in [4.69, 9.17) is 11.0 Å². The number of amides is 1. The van der Waals surface area contributed by atoms with Crippen molar-refractivity contribution >= 4 is 17.3 Å². The molecule has 1 rings (SSSR count). The van der Waals surface area contributed by atoms with Gasteiger partial charge in [-0.15, -0.1) is 0 Å². The number of nitriles is 1. The van der Waals surface area contributed by atoms with Gasteiger partial charge in [-0.3, -0.25) is 14.9 Å². The molecule has 0 aliphatic heterocycles. The summed E-state index contributed by atoms with van der Waals surface area (Å²) >= 11 is 0. The zero-order valence-corrected chi connectivity index (χ0v) is 11.1. The number of benzene rings is 1. The summed E-state index contributed by atoms with van der Waals surface area (Å²) in [6.45, 7) is 1.86. The average molecular weight is 276 g/mol. The number of nitrogens with one attached hydrogen (secondary N) is 1. The van der Waals surface area contributed by atoms with Crippen LogP contribution in [0.15, 0.2) is 18.2 Å². The second-order valence-corrected chi connectivity index (χ2v) is 4.52. The van der Waals surface area contributed by atoms with E-state index < -0.39 is 4.92 Å². The summed E-state index contributed by atoms with van der Waals surface area (Å²) in [7, 11) is 0. The number of rotatable bonds is 6. The quantitative estimate of drug-likeness (QED) is 0.607. The first-order valence-electron chi connectivity index (χ1n) is 6.18. The van der Waals surface area contributed by atoms with Gasteiger partial charge in [-0.25, -0.2) is 0 Å². The SMILES string of the molecule is CC(N)CCCC(=O)Nc1ccc([N+](=O)[O-])cc1C#N. The maximum absolute atomic E-state index is 11.7. The number of anilines is 1. The third kappa shape index (κ3) is 4.66. The first kappa shape index (κ1) is 15.6. The Bertz CT molecular complexity index is 549. The third-order valence-electron chi connectivity index (χ3n) is 2.67. The van der Waals surface area contributed by atoms with Crippen molar-refractivity contribution in [2.45, 2.75) is 32.2 Å². The van der Waals surface area contributed by atoms with Crippen LogP contribution < -0.4 is 11.1 Å². The van der Waals surface area contributed by atoms with Gasteiger partial charge in [0.15, 0.2) is 0 Å². The number of non-ortho nitro benzene ring substituents is 1. The first-order valence-corrected chi connectivity index (χ1v) is 6.18. The zero-order valence-electron chi connectivity index (χ0n) is 11.1. The highest BCUT2D eigenvalue weighted by atomic mass is 16.6. The summed E-state index contributed by atoms with van der Waals surface area (Å²) in [5.41, 5.74) is 5.75. The minimum Gasteiger partial charge on any atom is -0.328 e. The molecule has 1 aromatic carbocycles. The van der Waals surface area contributed by atoms with Crippen molar-refractivity contribution in [1.82, 2.24) is 0 Å². The van der Waals surface area contributed by atoms with Gasteiger partial charge in [0.2, 0.25) is 5.91 Å². The Morgan fingerprint density at radius 2 is 2.30 bits per heavy atom. The molecule has 106 valence electrons. The van der Waals surface area contributed by atoms with Gasteiger partial charge < -0.3 is 11.1 Å². The Kier molecular flexibility index (Phi) is 5.62. The van der Waals surface area contributed by atoms with E-state index >= 15 is 0 Å². The lowest BCUT2D eigenvalue weighted by Gasteiger charge is -2.08. The van der Waals surface area contributed by atoms with Crippen LogP contribution in [0.25, 0.3) is 0 Å². The summed E-state index contributed by atoms with van der Waals surface area (Å²) in [6, 6.07) is 5.62. The molecule has 0 fully saturated rings. The van der Waals surface area contributed by atoms with Gasteiger partial charge in [0.05, 0.1) is 16.2 Å². The van der Waals surface area contributed by atoms with Crippen LogP contribution in [-0.4, -0.2) is 16.9 Å². The smallest absolute Gasteiger partial charge is 0.270 e. The lowest BCUT2D eigenvalue weighted by molar-refractivity contribution is -0.384. The third-order valence-corrected chi connectivity index (χ3v) is 2.67. The predicted octanol–water partition coefficient (Wildman–Crippen LogP) is 1.92. The largest absolute Gasteiger partial charge is 0.328 e. The van der Waals surface area contributed by atoms with E-state index in [2.05, 4.69) is 5.32 Å². The normalized spacial score (nSPS) is 11.4. The Hall–Kier alpha value is -2.46. The van der Waals surface area contributed by atoms with Crippen molar-refractivity contribution in [3.8, 4) is 6.07 Å². The lowest BCUT2D eigenvalue weighted by atomic mass is 10.1. The monoisotopic (exact) mass is 276 g/mol. The summed E-state index contributed by atoms with van der Waals surface area (Å²) in [6.07, 6.45) is 1.68. The van der Waals surface area contributed by atoms with Crippen LogP contribution in [0.2, 0.25) is 0 Å². The van der Waals surface area contributed by atoms with Gasteiger partial charge in [-0.1, -0.05) is 0 Å². The highest BCUT2D eigenvalue weighted by molar-refractivity contribution is 5.92. The van der Waals surface area contributed by atoms with Crippen molar-refractivity contribution in [1.29, 1.82) is 5.26 Å². The average Bonchev–Trinajstić information content (AvgIpc) is 2.38.